The fourth-order valence-corrected chi connectivity index (χ4v) is 4.17. The predicted molar refractivity (Wildman–Crippen MR) is 112 cm³/mol. The van der Waals surface area contributed by atoms with E-state index in [1.807, 2.05) is 37.3 Å². The lowest BCUT2D eigenvalue weighted by Crippen LogP contribution is -2.19. The van der Waals surface area contributed by atoms with Gasteiger partial charge in [-0.25, -0.2) is 9.89 Å². The lowest BCUT2D eigenvalue weighted by Gasteiger charge is -2.07. The number of amides is 1. The maximum absolute atomic E-state index is 12.7. The van der Waals surface area contributed by atoms with Gasteiger partial charge in [0.15, 0.2) is 10.9 Å². The summed E-state index contributed by atoms with van der Waals surface area (Å²) in [7, 11) is 0. The van der Waals surface area contributed by atoms with E-state index in [2.05, 4.69) is 15.5 Å². The monoisotopic (exact) mass is 408 g/mol. The predicted octanol–water partition coefficient (Wildman–Crippen LogP) is 2.84. The summed E-state index contributed by atoms with van der Waals surface area (Å²) in [6, 6.07) is 15.1. The van der Waals surface area contributed by atoms with Crippen LogP contribution in [0.4, 0.5) is 5.69 Å². The molecule has 0 bridgehead atoms. The van der Waals surface area contributed by atoms with Gasteiger partial charge in [0.05, 0.1) is 11.7 Å². The Morgan fingerprint density at radius 2 is 1.97 bits per heavy atom. The summed E-state index contributed by atoms with van der Waals surface area (Å²) in [6.07, 6.45) is 0.700. The first-order valence-electron chi connectivity index (χ1n) is 9.33. The number of fused-ring (bicyclic) bond motifs is 1. The molecule has 0 spiro atoms. The van der Waals surface area contributed by atoms with Gasteiger partial charge >= 0.3 is 5.69 Å². The van der Waals surface area contributed by atoms with E-state index in [4.69, 9.17) is 0 Å². The van der Waals surface area contributed by atoms with Crippen LogP contribution in [0.5, 0.6) is 0 Å². The van der Waals surface area contributed by atoms with Crippen molar-refractivity contribution in [2.24, 2.45) is 0 Å². The van der Waals surface area contributed by atoms with E-state index in [1.165, 1.54) is 11.8 Å². The van der Waals surface area contributed by atoms with E-state index in [-0.39, 0.29) is 29.1 Å². The number of anilines is 1. The summed E-state index contributed by atoms with van der Waals surface area (Å²) in [5.41, 5.74) is 2.99. The maximum atomic E-state index is 12.7. The fraction of sp³-hybridized carbons (Fsp3) is 0.238. The maximum Gasteiger partial charge on any atom is 0.343 e. The Morgan fingerprint density at radius 1 is 1.17 bits per heavy atom. The number of nitrogens with one attached hydrogen (secondary N) is 2. The van der Waals surface area contributed by atoms with Crippen molar-refractivity contribution < 1.29 is 9.59 Å². The van der Waals surface area contributed by atoms with E-state index in [1.54, 1.807) is 22.8 Å². The van der Waals surface area contributed by atoms with Crippen molar-refractivity contribution in [1.82, 2.24) is 14.8 Å². The topological polar surface area (TPSA) is 96.8 Å². The van der Waals surface area contributed by atoms with Gasteiger partial charge in [-0.1, -0.05) is 42.1 Å². The molecule has 8 heteroatoms. The number of aromatic nitrogens is 3. The van der Waals surface area contributed by atoms with E-state index in [0.717, 1.165) is 16.8 Å². The van der Waals surface area contributed by atoms with E-state index < -0.39 is 0 Å². The normalized spacial score (nSPS) is 15.2. The highest BCUT2D eigenvalue weighted by molar-refractivity contribution is 7.99. The Hall–Kier alpha value is -3.13. The lowest BCUT2D eigenvalue weighted by atomic mass is 9.99. The Morgan fingerprint density at radius 3 is 2.76 bits per heavy atom. The first-order chi connectivity index (χ1) is 14.0. The van der Waals surface area contributed by atoms with Gasteiger partial charge < -0.3 is 5.32 Å². The zero-order chi connectivity index (χ0) is 20.4. The second-order valence-electron chi connectivity index (χ2n) is 6.92. The van der Waals surface area contributed by atoms with Crippen molar-refractivity contribution in [3.8, 4) is 0 Å². The number of Topliss-reactive ketones (excluding diaryl/α,β-unsaturated/α-hetero) is 1. The zero-order valence-corrected chi connectivity index (χ0v) is 16.7. The number of benzene rings is 2. The van der Waals surface area contributed by atoms with Gasteiger partial charge in [-0.15, -0.1) is 5.10 Å². The molecule has 7 nitrogen and oxygen atoms in total. The molecular weight excluding hydrogens is 388 g/mol. The molecule has 0 saturated heterocycles. The SMILES string of the molecule is C[C@@H]1C(=O)Nc2ccc(C(=O)CSc3n[nH]c(=O)n3CCc3ccccc3)cc21. The molecular formula is C21H20N4O3S. The quantitative estimate of drug-likeness (QED) is 0.463. The van der Waals surface area contributed by atoms with Gasteiger partial charge in [0.25, 0.3) is 0 Å². The van der Waals surface area contributed by atoms with Crippen LogP contribution in [0.25, 0.3) is 0 Å². The van der Waals surface area contributed by atoms with Crippen LogP contribution in [-0.2, 0) is 17.8 Å². The summed E-state index contributed by atoms with van der Waals surface area (Å²) in [5.74, 6) is -0.239. The second-order valence-corrected chi connectivity index (χ2v) is 7.87. The number of rotatable bonds is 7. The first-order valence-corrected chi connectivity index (χ1v) is 10.3. The molecule has 148 valence electrons. The van der Waals surface area contributed by atoms with Crippen LogP contribution in [0.1, 0.15) is 34.3 Å². The van der Waals surface area contributed by atoms with Gasteiger partial charge in [-0.2, -0.15) is 0 Å². The standard InChI is InChI=1S/C21H20N4O3S/c1-13-16-11-15(7-8-17(16)22-19(13)27)18(26)12-29-21-24-23-20(28)25(21)10-9-14-5-3-2-4-6-14/h2-8,11,13H,9-10,12H2,1H3,(H,22,27)(H,23,28)/t13-/m0/s1. The van der Waals surface area contributed by atoms with Crippen LogP contribution >= 0.6 is 11.8 Å². The first kappa shape index (κ1) is 19.2. The molecule has 2 N–H and O–H groups in total. The largest absolute Gasteiger partial charge is 0.343 e. The summed E-state index contributed by atoms with van der Waals surface area (Å²) < 4.78 is 1.55. The fourth-order valence-electron chi connectivity index (χ4n) is 3.30. The smallest absolute Gasteiger partial charge is 0.325 e. The van der Waals surface area contributed by atoms with Crippen molar-refractivity contribution >= 4 is 29.1 Å². The number of ketones is 1. The van der Waals surface area contributed by atoms with Gasteiger partial charge in [-0.05, 0) is 42.7 Å². The number of hydrogen-bond acceptors (Lipinski definition) is 5. The highest BCUT2D eigenvalue weighted by Crippen LogP contribution is 2.33. The molecule has 0 unspecified atom stereocenters. The van der Waals surface area contributed by atoms with Crippen LogP contribution in [-0.4, -0.2) is 32.2 Å². The van der Waals surface area contributed by atoms with Crippen LogP contribution in [0.2, 0.25) is 0 Å². The third-order valence-electron chi connectivity index (χ3n) is 5.01. The molecule has 1 aliphatic heterocycles. The average molecular weight is 408 g/mol. The molecule has 0 saturated carbocycles. The Balaban J connectivity index is 1.43. The van der Waals surface area contributed by atoms with Gasteiger partial charge in [-0.3, -0.25) is 14.2 Å². The highest BCUT2D eigenvalue weighted by Gasteiger charge is 2.27. The molecule has 2 aromatic carbocycles. The molecule has 2 heterocycles. The number of carbonyl (C=O) groups is 2. The summed E-state index contributed by atoms with van der Waals surface area (Å²) in [4.78, 5) is 36.5. The van der Waals surface area contributed by atoms with Crippen molar-refractivity contribution in [3.05, 3.63) is 75.7 Å². The number of hydrogen-bond donors (Lipinski definition) is 2. The number of carbonyl (C=O) groups excluding carboxylic acids is 2. The van der Waals surface area contributed by atoms with E-state index >= 15 is 0 Å². The molecule has 1 aromatic heterocycles. The van der Waals surface area contributed by atoms with Crippen LogP contribution in [0, 0.1) is 0 Å². The Kier molecular flexibility index (Phi) is 5.35. The van der Waals surface area contributed by atoms with E-state index in [9.17, 15) is 14.4 Å². The van der Waals surface area contributed by atoms with Crippen LogP contribution < -0.4 is 11.0 Å². The zero-order valence-electron chi connectivity index (χ0n) is 15.8. The minimum absolute atomic E-state index is 0.0575. The number of H-pyrrole nitrogens is 1. The van der Waals surface area contributed by atoms with Crippen molar-refractivity contribution in [2.45, 2.75) is 31.0 Å². The number of aryl methyl sites for hydroxylation is 1. The molecule has 0 fully saturated rings. The minimum atomic E-state index is -0.285. The Labute approximate surface area is 171 Å². The van der Waals surface area contributed by atoms with E-state index in [0.29, 0.717) is 23.7 Å². The molecule has 1 aliphatic rings. The molecule has 1 amide bonds. The van der Waals surface area contributed by atoms with Crippen molar-refractivity contribution in [1.29, 1.82) is 0 Å². The van der Waals surface area contributed by atoms with Crippen molar-refractivity contribution in [3.63, 3.8) is 0 Å². The Bertz CT molecular complexity index is 1120. The number of aromatic amines is 1. The molecule has 1 atom stereocenters. The molecule has 0 aliphatic carbocycles. The second kappa shape index (κ2) is 8.08. The molecule has 3 aromatic rings. The number of thioether (sulfide) groups is 1. The van der Waals surface area contributed by atoms with Crippen molar-refractivity contribution in [2.75, 3.05) is 11.1 Å². The molecule has 29 heavy (non-hydrogen) atoms. The highest BCUT2D eigenvalue weighted by atomic mass is 32.2. The van der Waals surface area contributed by atoms with Crippen LogP contribution in [0.15, 0.2) is 58.5 Å². The van der Waals surface area contributed by atoms with Gasteiger partial charge in [0.1, 0.15) is 0 Å². The van der Waals surface area contributed by atoms with Gasteiger partial charge in [0.2, 0.25) is 5.91 Å². The lowest BCUT2D eigenvalue weighted by molar-refractivity contribution is -0.116. The van der Waals surface area contributed by atoms with Crippen LogP contribution in [0.3, 0.4) is 0 Å². The third kappa shape index (κ3) is 4.02. The summed E-state index contributed by atoms with van der Waals surface area (Å²) in [6.45, 7) is 2.30. The summed E-state index contributed by atoms with van der Waals surface area (Å²) >= 11 is 1.23. The minimum Gasteiger partial charge on any atom is -0.325 e. The summed E-state index contributed by atoms with van der Waals surface area (Å²) in [5, 5.41) is 9.81. The molecule has 0 radical (unpaired) electrons. The van der Waals surface area contributed by atoms with Gasteiger partial charge in [0, 0.05) is 17.8 Å². The number of nitrogens with zero attached hydrogens (tertiary/aromatic N) is 2. The third-order valence-corrected chi connectivity index (χ3v) is 5.99. The molecule has 4 rings (SSSR count). The average Bonchev–Trinajstić information content (AvgIpc) is 3.23.